The number of nitrogens with one attached hydrogen (secondary N) is 1. The highest BCUT2D eigenvalue weighted by atomic mass is 35.5. The molecule has 24 heavy (non-hydrogen) atoms. The summed E-state index contributed by atoms with van der Waals surface area (Å²) in [6.45, 7) is 0.104. The summed E-state index contributed by atoms with van der Waals surface area (Å²) in [5.41, 5.74) is 0.832. The Morgan fingerprint density at radius 3 is 2.83 bits per heavy atom. The van der Waals surface area contributed by atoms with Crippen LogP contribution in [0.15, 0.2) is 34.5 Å². The molecule has 0 unspecified atom stereocenters. The predicted octanol–water partition coefficient (Wildman–Crippen LogP) is 2.47. The lowest BCUT2D eigenvalue weighted by atomic mass is 9.96. The number of thiophene rings is 1. The number of ether oxygens (including phenoxy) is 2. The van der Waals surface area contributed by atoms with Crippen molar-refractivity contribution < 1.29 is 22.7 Å². The summed E-state index contributed by atoms with van der Waals surface area (Å²) >= 11 is 6.64. The molecule has 2 aromatic rings. The molecule has 1 N–H and O–H groups in total. The molecule has 0 saturated heterocycles. The molecule has 1 aliphatic rings. The molecule has 6 nitrogen and oxygen atoms in total. The number of sulfonamides is 1. The van der Waals surface area contributed by atoms with Gasteiger partial charge in [-0.25, -0.2) is 13.1 Å². The Morgan fingerprint density at radius 1 is 1.38 bits per heavy atom. The molecular weight excluding hydrogens is 374 g/mol. The van der Waals surface area contributed by atoms with Crippen molar-refractivity contribution in [2.75, 3.05) is 13.7 Å². The number of halogens is 1. The Labute approximate surface area is 148 Å². The van der Waals surface area contributed by atoms with Crippen LogP contribution in [0.25, 0.3) is 0 Å². The van der Waals surface area contributed by atoms with E-state index in [0.29, 0.717) is 22.3 Å². The lowest BCUT2D eigenvalue weighted by molar-refractivity contribution is -0.124. The van der Waals surface area contributed by atoms with Crippen LogP contribution in [0.5, 0.6) is 11.5 Å². The van der Waals surface area contributed by atoms with Crippen LogP contribution in [0.4, 0.5) is 0 Å². The van der Waals surface area contributed by atoms with Gasteiger partial charge >= 0.3 is 0 Å². The molecule has 1 atom stereocenters. The number of carbonyl (C=O) groups excluding carboxylic acids is 1. The van der Waals surface area contributed by atoms with Gasteiger partial charge in [0, 0.05) is 6.07 Å². The van der Waals surface area contributed by atoms with Crippen molar-refractivity contribution in [2.45, 2.75) is 10.6 Å². The predicted molar refractivity (Wildman–Crippen MR) is 90.3 cm³/mol. The zero-order chi connectivity index (χ0) is 17.3. The first kappa shape index (κ1) is 17.1. The van der Waals surface area contributed by atoms with Gasteiger partial charge in [-0.05, 0) is 30.2 Å². The second kappa shape index (κ2) is 6.62. The zero-order valence-electron chi connectivity index (χ0n) is 12.6. The molecule has 1 aromatic heterocycles. The van der Waals surface area contributed by atoms with Crippen LogP contribution in [-0.4, -0.2) is 28.0 Å². The number of hydrogen-bond donors (Lipinski definition) is 1. The minimum Gasteiger partial charge on any atom is -0.497 e. The Balaban J connectivity index is 1.72. The van der Waals surface area contributed by atoms with Gasteiger partial charge < -0.3 is 9.47 Å². The summed E-state index contributed by atoms with van der Waals surface area (Å²) in [6, 6.07) is 8.15. The van der Waals surface area contributed by atoms with Gasteiger partial charge in [-0.3, -0.25) is 4.79 Å². The molecule has 0 fully saturated rings. The van der Waals surface area contributed by atoms with E-state index < -0.39 is 21.8 Å². The fourth-order valence-corrected chi connectivity index (χ4v) is 4.88. The van der Waals surface area contributed by atoms with E-state index in [9.17, 15) is 13.2 Å². The van der Waals surface area contributed by atoms with Gasteiger partial charge in [0.2, 0.25) is 5.91 Å². The van der Waals surface area contributed by atoms with Gasteiger partial charge in [-0.1, -0.05) is 17.7 Å². The number of benzene rings is 1. The standard InChI is InChI=1S/C15H14ClNO5S2/c1-21-11-3-2-9-6-10(8-22-12(9)7-11)15(18)17-24(19,20)14-5-4-13(16)23-14/h2-5,7,10H,6,8H2,1H3,(H,17,18)/t10-/m0/s1. The average molecular weight is 388 g/mol. The average Bonchev–Trinajstić information content (AvgIpc) is 3.01. The molecule has 2 heterocycles. The van der Waals surface area contributed by atoms with E-state index in [1.165, 1.54) is 12.1 Å². The zero-order valence-corrected chi connectivity index (χ0v) is 15.0. The molecule has 0 spiro atoms. The third kappa shape index (κ3) is 3.50. The third-order valence-corrected chi connectivity index (χ3v) is 6.67. The molecule has 128 valence electrons. The summed E-state index contributed by atoms with van der Waals surface area (Å²) in [6.07, 6.45) is 0.395. The number of amides is 1. The van der Waals surface area contributed by atoms with Crippen molar-refractivity contribution in [3.8, 4) is 11.5 Å². The molecule has 1 amide bonds. The van der Waals surface area contributed by atoms with Gasteiger partial charge in [0.05, 0.1) is 17.4 Å². The van der Waals surface area contributed by atoms with Gasteiger partial charge in [-0.15, -0.1) is 11.3 Å². The number of hydrogen-bond acceptors (Lipinski definition) is 6. The van der Waals surface area contributed by atoms with Crippen molar-refractivity contribution in [3.63, 3.8) is 0 Å². The highest BCUT2D eigenvalue weighted by Gasteiger charge is 2.30. The van der Waals surface area contributed by atoms with E-state index in [-0.39, 0.29) is 10.8 Å². The summed E-state index contributed by atoms with van der Waals surface area (Å²) in [7, 11) is -2.36. The largest absolute Gasteiger partial charge is 0.497 e. The van der Waals surface area contributed by atoms with Crippen LogP contribution in [0, 0.1) is 5.92 Å². The Morgan fingerprint density at radius 2 is 2.17 bits per heavy atom. The number of methoxy groups -OCH3 is 1. The third-order valence-electron chi connectivity index (χ3n) is 3.60. The van der Waals surface area contributed by atoms with Gasteiger partial charge in [0.15, 0.2) is 0 Å². The molecule has 1 aromatic carbocycles. The van der Waals surface area contributed by atoms with Crippen molar-refractivity contribution in [1.29, 1.82) is 0 Å². The maximum absolute atomic E-state index is 12.3. The van der Waals surface area contributed by atoms with Crippen molar-refractivity contribution in [3.05, 3.63) is 40.2 Å². The topological polar surface area (TPSA) is 81.7 Å². The summed E-state index contributed by atoms with van der Waals surface area (Å²) in [5, 5.41) is 0. The van der Waals surface area contributed by atoms with E-state index in [1.807, 2.05) is 0 Å². The minimum atomic E-state index is -3.92. The first-order valence-corrected chi connectivity index (χ1v) is 9.68. The maximum Gasteiger partial charge on any atom is 0.273 e. The molecule has 0 bridgehead atoms. The second-order valence-electron chi connectivity index (χ2n) is 5.21. The normalized spacial score (nSPS) is 16.8. The molecule has 3 rings (SSSR count). The van der Waals surface area contributed by atoms with Crippen LogP contribution >= 0.6 is 22.9 Å². The van der Waals surface area contributed by atoms with Crippen molar-refractivity contribution in [2.24, 2.45) is 5.92 Å². The van der Waals surface area contributed by atoms with Crippen LogP contribution in [0.3, 0.4) is 0 Å². The SMILES string of the molecule is COc1ccc2c(c1)OC[C@@H](C(=O)NS(=O)(=O)c1ccc(Cl)s1)C2. The molecular formula is C15H14ClNO5S2. The fourth-order valence-electron chi connectivity index (χ4n) is 2.36. The summed E-state index contributed by atoms with van der Waals surface area (Å²) in [5.74, 6) is 0.122. The quantitative estimate of drug-likeness (QED) is 0.871. The Kier molecular flexibility index (Phi) is 4.71. The number of rotatable bonds is 4. The first-order chi connectivity index (χ1) is 11.4. The fraction of sp³-hybridized carbons (Fsp3) is 0.267. The van der Waals surface area contributed by atoms with Crippen LogP contribution in [0.2, 0.25) is 4.34 Å². The molecule has 9 heteroatoms. The van der Waals surface area contributed by atoms with Crippen LogP contribution in [-0.2, 0) is 21.2 Å². The monoisotopic (exact) mass is 387 g/mol. The van der Waals surface area contributed by atoms with E-state index >= 15 is 0 Å². The smallest absolute Gasteiger partial charge is 0.273 e. The van der Waals surface area contributed by atoms with Crippen molar-refractivity contribution in [1.82, 2.24) is 4.72 Å². The van der Waals surface area contributed by atoms with Crippen LogP contribution in [0.1, 0.15) is 5.56 Å². The van der Waals surface area contributed by atoms with E-state index in [2.05, 4.69) is 4.72 Å². The Hall–Kier alpha value is -1.77. The number of fused-ring (bicyclic) bond motifs is 1. The van der Waals surface area contributed by atoms with E-state index in [4.69, 9.17) is 21.1 Å². The van der Waals surface area contributed by atoms with Gasteiger partial charge in [0.1, 0.15) is 22.3 Å². The van der Waals surface area contributed by atoms with E-state index in [0.717, 1.165) is 16.9 Å². The minimum absolute atomic E-state index is 0.00251. The highest BCUT2D eigenvalue weighted by Crippen LogP contribution is 2.31. The lowest BCUT2D eigenvalue weighted by Gasteiger charge is -2.24. The van der Waals surface area contributed by atoms with Crippen molar-refractivity contribution >= 4 is 38.9 Å². The molecule has 0 aliphatic carbocycles. The summed E-state index contributed by atoms with van der Waals surface area (Å²) in [4.78, 5) is 12.3. The first-order valence-electron chi connectivity index (χ1n) is 7.01. The number of carbonyl (C=O) groups is 1. The second-order valence-corrected chi connectivity index (χ2v) is 8.84. The Bertz CT molecular complexity index is 878. The van der Waals surface area contributed by atoms with Gasteiger partial charge in [0.25, 0.3) is 10.0 Å². The van der Waals surface area contributed by atoms with E-state index in [1.54, 1.807) is 25.3 Å². The molecule has 1 aliphatic heterocycles. The summed E-state index contributed by atoms with van der Waals surface area (Å²) < 4.78 is 37.5. The van der Waals surface area contributed by atoms with Gasteiger partial charge in [-0.2, -0.15) is 0 Å². The lowest BCUT2D eigenvalue weighted by Crippen LogP contribution is -2.40. The van der Waals surface area contributed by atoms with Crippen LogP contribution < -0.4 is 14.2 Å². The maximum atomic E-state index is 12.3. The highest BCUT2D eigenvalue weighted by molar-refractivity contribution is 7.92. The molecule has 0 saturated carbocycles. The molecule has 0 radical (unpaired) electrons.